The van der Waals surface area contributed by atoms with E-state index in [1.54, 1.807) is 12.2 Å². The Morgan fingerprint density at radius 2 is 1.84 bits per heavy atom. The SMILES string of the molecule is CC(C)OC(=O)CCC/C=C/C[C@@H]1[C@@H](/C=C/C(=O)CCc2ccccc2)[C@H](O)C[C@@H]1O. The molecule has 1 fully saturated rings. The molecule has 0 unspecified atom stereocenters. The van der Waals surface area contributed by atoms with Crippen LogP contribution in [0.4, 0.5) is 0 Å². The molecule has 1 aromatic carbocycles. The van der Waals surface area contributed by atoms with Crippen LogP contribution in [0.25, 0.3) is 0 Å². The lowest BCUT2D eigenvalue weighted by Gasteiger charge is -2.19. The fourth-order valence-electron chi connectivity index (χ4n) is 3.98. The number of rotatable bonds is 12. The summed E-state index contributed by atoms with van der Waals surface area (Å²) in [6.45, 7) is 3.67. The van der Waals surface area contributed by atoms with Crippen molar-refractivity contribution in [2.45, 2.75) is 77.1 Å². The lowest BCUT2D eigenvalue weighted by atomic mass is 9.89. The molecule has 170 valence electrons. The van der Waals surface area contributed by atoms with Gasteiger partial charge in [0.2, 0.25) is 0 Å². The summed E-state index contributed by atoms with van der Waals surface area (Å²) in [6.07, 6.45) is 9.96. The van der Waals surface area contributed by atoms with Crippen molar-refractivity contribution < 1.29 is 24.5 Å². The first-order valence-corrected chi connectivity index (χ1v) is 11.3. The summed E-state index contributed by atoms with van der Waals surface area (Å²) in [5, 5.41) is 20.7. The van der Waals surface area contributed by atoms with Gasteiger partial charge in [0.15, 0.2) is 5.78 Å². The smallest absolute Gasteiger partial charge is 0.306 e. The minimum absolute atomic E-state index is 0.0278. The van der Waals surface area contributed by atoms with Gasteiger partial charge in [-0.05, 0) is 57.1 Å². The zero-order valence-corrected chi connectivity index (χ0v) is 18.7. The molecule has 4 atom stereocenters. The summed E-state index contributed by atoms with van der Waals surface area (Å²) in [7, 11) is 0. The molecule has 0 amide bonds. The molecule has 0 aliphatic heterocycles. The molecule has 0 spiro atoms. The molecular formula is C26H36O5. The highest BCUT2D eigenvalue weighted by Gasteiger charge is 2.39. The number of benzene rings is 1. The molecule has 0 radical (unpaired) electrons. The number of ether oxygens (including phenoxy) is 1. The van der Waals surface area contributed by atoms with Gasteiger partial charge < -0.3 is 14.9 Å². The zero-order valence-electron chi connectivity index (χ0n) is 18.7. The number of unbranched alkanes of at least 4 members (excludes halogenated alkanes) is 1. The normalized spacial score (nSPS) is 23.8. The Morgan fingerprint density at radius 1 is 1.10 bits per heavy atom. The molecule has 5 heteroatoms. The maximum atomic E-state index is 12.2. The van der Waals surface area contributed by atoms with Gasteiger partial charge in [0, 0.05) is 25.2 Å². The van der Waals surface area contributed by atoms with E-state index in [0.29, 0.717) is 32.1 Å². The van der Waals surface area contributed by atoms with E-state index >= 15 is 0 Å². The Labute approximate surface area is 185 Å². The molecule has 0 aromatic heterocycles. The van der Waals surface area contributed by atoms with Crippen LogP contribution in [0.15, 0.2) is 54.6 Å². The third-order valence-corrected chi connectivity index (χ3v) is 5.62. The van der Waals surface area contributed by atoms with Crippen molar-refractivity contribution in [1.29, 1.82) is 0 Å². The van der Waals surface area contributed by atoms with Crippen molar-refractivity contribution in [3.63, 3.8) is 0 Å². The number of aliphatic hydroxyl groups is 2. The number of allylic oxidation sites excluding steroid dienone is 3. The maximum Gasteiger partial charge on any atom is 0.306 e. The summed E-state index contributed by atoms with van der Waals surface area (Å²) in [5.74, 6) is -0.503. The van der Waals surface area contributed by atoms with Crippen LogP contribution in [0, 0.1) is 11.8 Å². The molecule has 31 heavy (non-hydrogen) atoms. The molecule has 2 rings (SSSR count). The second kappa shape index (κ2) is 13.2. The average Bonchev–Trinajstić information content (AvgIpc) is 3.00. The van der Waals surface area contributed by atoms with Crippen LogP contribution in [-0.4, -0.2) is 40.3 Å². The Bertz CT molecular complexity index is 737. The number of esters is 1. The zero-order chi connectivity index (χ0) is 22.6. The Balaban J connectivity index is 1.77. The van der Waals surface area contributed by atoms with E-state index in [0.717, 1.165) is 18.4 Å². The monoisotopic (exact) mass is 428 g/mol. The van der Waals surface area contributed by atoms with Gasteiger partial charge in [-0.3, -0.25) is 9.59 Å². The molecule has 5 nitrogen and oxygen atoms in total. The highest BCUT2D eigenvalue weighted by atomic mass is 16.5. The fraction of sp³-hybridized carbons (Fsp3) is 0.538. The van der Waals surface area contributed by atoms with Gasteiger partial charge >= 0.3 is 5.97 Å². The molecule has 1 aromatic rings. The summed E-state index contributed by atoms with van der Waals surface area (Å²) in [4.78, 5) is 23.8. The van der Waals surface area contributed by atoms with Gasteiger partial charge in [0.1, 0.15) is 0 Å². The molecule has 1 aliphatic carbocycles. The molecule has 1 saturated carbocycles. The number of aliphatic hydroxyl groups excluding tert-OH is 2. The summed E-state index contributed by atoms with van der Waals surface area (Å²) in [5.41, 5.74) is 1.13. The van der Waals surface area contributed by atoms with Crippen molar-refractivity contribution >= 4 is 11.8 Å². The van der Waals surface area contributed by atoms with Gasteiger partial charge in [-0.1, -0.05) is 48.6 Å². The molecule has 0 bridgehead atoms. The van der Waals surface area contributed by atoms with Crippen LogP contribution >= 0.6 is 0 Å². The third kappa shape index (κ3) is 9.19. The van der Waals surface area contributed by atoms with Crippen LogP contribution in [0.5, 0.6) is 0 Å². The standard InChI is InChI=1S/C26H36O5/c1-19(2)31-26(30)13-9-4-3-8-12-22-23(25(29)18-24(22)28)17-16-21(27)15-14-20-10-6-5-7-11-20/h3,5-8,10-11,16-17,19,22-25,28-29H,4,9,12-15,18H2,1-2H3/b8-3+,17-16+/t22-,23-,24+,25-/m1/s1. The van der Waals surface area contributed by atoms with Gasteiger partial charge in [-0.15, -0.1) is 0 Å². The first-order valence-electron chi connectivity index (χ1n) is 11.3. The molecule has 0 heterocycles. The van der Waals surface area contributed by atoms with Crippen LogP contribution in [0.2, 0.25) is 0 Å². The summed E-state index contributed by atoms with van der Waals surface area (Å²) < 4.78 is 5.11. The lowest BCUT2D eigenvalue weighted by Crippen LogP contribution is -2.20. The number of carbonyl (C=O) groups excluding carboxylic acids is 2. The van der Waals surface area contributed by atoms with Crippen molar-refractivity contribution in [1.82, 2.24) is 0 Å². The Kier molecular flexibility index (Phi) is 10.7. The van der Waals surface area contributed by atoms with Crippen LogP contribution in [0.1, 0.15) is 57.9 Å². The fourth-order valence-corrected chi connectivity index (χ4v) is 3.98. The number of carbonyl (C=O) groups is 2. The maximum absolute atomic E-state index is 12.2. The molecule has 0 saturated heterocycles. The predicted molar refractivity (Wildman–Crippen MR) is 121 cm³/mol. The van der Waals surface area contributed by atoms with Gasteiger partial charge in [-0.2, -0.15) is 0 Å². The van der Waals surface area contributed by atoms with Crippen LogP contribution in [0.3, 0.4) is 0 Å². The predicted octanol–water partition coefficient (Wildman–Crippen LogP) is 4.17. The molecule has 1 aliphatic rings. The van der Waals surface area contributed by atoms with E-state index in [9.17, 15) is 19.8 Å². The van der Waals surface area contributed by atoms with Crippen molar-refractivity contribution in [3.05, 3.63) is 60.2 Å². The topological polar surface area (TPSA) is 83.8 Å². The van der Waals surface area contributed by atoms with E-state index in [2.05, 4.69) is 0 Å². The van der Waals surface area contributed by atoms with Crippen LogP contribution in [-0.2, 0) is 20.7 Å². The lowest BCUT2D eigenvalue weighted by molar-refractivity contribution is -0.147. The van der Waals surface area contributed by atoms with E-state index < -0.39 is 12.2 Å². The second-order valence-electron chi connectivity index (χ2n) is 8.56. The Morgan fingerprint density at radius 3 is 2.55 bits per heavy atom. The van der Waals surface area contributed by atoms with Crippen molar-refractivity contribution in [2.75, 3.05) is 0 Å². The van der Waals surface area contributed by atoms with Crippen molar-refractivity contribution in [2.24, 2.45) is 11.8 Å². The van der Waals surface area contributed by atoms with E-state index in [1.165, 1.54) is 0 Å². The third-order valence-electron chi connectivity index (χ3n) is 5.62. The van der Waals surface area contributed by atoms with E-state index in [-0.39, 0.29) is 29.7 Å². The molecule has 2 N–H and O–H groups in total. The summed E-state index contributed by atoms with van der Waals surface area (Å²) in [6, 6.07) is 9.88. The summed E-state index contributed by atoms with van der Waals surface area (Å²) >= 11 is 0. The first kappa shape index (κ1) is 25.0. The van der Waals surface area contributed by atoms with Gasteiger partial charge in [0.05, 0.1) is 18.3 Å². The van der Waals surface area contributed by atoms with E-state index in [4.69, 9.17) is 4.74 Å². The van der Waals surface area contributed by atoms with Crippen LogP contribution < -0.4 is 0 Å². The average molecular weight is 429 g/mol. The largest absolute Gasteiger partial charge is 0.463 e. The highest BCUT2D eigenvalue weighted by molar-refractivity contribution is 5.89. The minimum atomic E-state index is -0.641. The Hall–Kier alpha value is -2.24. The number of ketones is 1. The number of hydrogen-bond donors (Lipinski definition) is 2. The first-order chi connectivity index (χ1) is 14.9. The minimum Gasteiger partial charge on any atom is -0.463 e. The number of hydrogen-bond acceptors (Lipinski definition) is 5. The van der Waals surface area contributed by atoms with Gasteiger partial charge in [0.25, 0.3) is 0 Å². The van der Waals surface area contributed by atoms with Gasteiger partial charge in [-0.25, -0.2) is 0 Å². The van der Waals surface area contributed by atoms with E-state index in [1.807, 2.05) is 56.3 Å². The quantitative estimate of drug-likeness (QED) is 0.226. The highest BCUT2D eigenvalue weighted by Crippen LogP contribution is 2.36. The second-order valence-corrected chi connectivity index (χ2v) is 8.56. The number of aryl methyl sites for hydroxylation is 1. The van der Waals surface area contributed by atoms with Crippen molar-refractivity contribution in [3.8, 4) is 0 Å². The molecular weight excluding hydrogens is 392 g/mol.